The first-order valence-corrected chi connectivity index (χ1v) is 7.88. The number of nitrogens with one attached hydrogen (secondary N) is 1. The predicted molar refractivity (Wildman–Crippen MR) is 82.7 cm³/mol. The molecule has 21 heavy (non-hydrogen) atoms. The van der Waals surface area contributed by atoms with Crippen LogP contribution in [-0.2, 0) is 11.2 Å². The van der Waals surface area contributed by atoms with Crippen molar-refractivity contribution in [2.45, 2.75) is 38.5 Å². The Kier molecular flexibility index (Phi) is 6.54. The van der Waals surface area contributed by atoms with Gasteiger partial charge in [-0.25, -0.2) is 0 Å². The lowest BCUT2D eigenvalue weighted by Crippen LogP contribution is -2.20. The van der Waals surface area contributed by atoms with Crippen LogP contribution >= 0.6 is 0 Å². The Bertz CT molecular complexity index is 424. The highest BCUT2D eigenvalue weighted by Gasteiger charge is 2.15. The molecule has 0 saturated heterocycles. The lowest BCUT2D eigenvalue weighted by atomic mass is 10.1. The number of carboxylic acid groups (broad SMARTS) is 1. The van der Waals surface area contributed by atoms with E-state index in [1.54, 1.807) is 0 Å². The molecule has 1 aromatic carbocycles. The van der Waals surface area contributed by atoms with Crippen molar-refractivity contribution < 1.29 is 14.6 Å². The highest BCUT2D eigenvalue weighted by atomic mass is 16.5. The van der Waals surface area contributed by atoms with E-state index >= 15 is 0 Å². The molecule has 1 saturated carbocycles. The molecular formula is C17H25NO3. The predicted octanol–water partition coefficient (Wildman–Crippen LogP) is 2.86. The second-order valence-electron chi connectivity index (χ2n) is 5.75. The monoisotopic (exact) mass is 291 g/mol. The lowest BCUT2D eigenvalue weighted by molar-refractivity contribution is -0.136. The summed E-state index contributed by atoms with van der Waals surface area (Å²) in [6.45, 7) is 2.17. The number of carbonyl (C=O) groups is 1. The fourth-order valence-corrected chi connectivity index (χ4v) is 2.70. The van der Waals surface area contributed by atoms with Gasteiger partial charge in [0.1, 0.15) is 5.75 Å². The molecule has 4 nitrogen and oxygen atoms in total. The van der Waals surface area contributed by atoms with Gasteiger partial charge in [-0.3, -0.25) is 4.79 Å². The molecule has 0 aliphatic heterocycles. The summed E-state index contributed by atoms with van der Waals surface area (Å²) in [5.41, 5.74) is 1.24. The topological polar surface area (TPSA) is 58.6 Å². The van der Waals surface area contributed by atoms with Crippen molar-refractivity contribution in [3.8, 4) is 5.75 Å². The van der Waals surface area contributed by atoms with E-state index < -0.39 is 5.97 Å². The van der Waals surface area contributed by atoms with Gasteiger partial charge >= 0.3 is 5.97 Å². The molecule has 1 aliphatic rings. The maximum atomic E-state index is 10.4. The van der Waals surface area contributed by atoms with Crippen molar-refractivity contribution >= 4 is 5.97 Å². The van der Waals surface area contributed by atoms with E-state index in [1.165, 1.54) is 31.2 Å². The van der Waals surface area contributed by atoms with Crippen molar-refractivity contribution in [3.05, 3.63) is 29.8 Å². The van der Waals surface area contributed by atoms with E-state index in [0.29, 0.717) is 6.54 Å². The zero-order valence-corrected chi connectivity index (χ0v) is 12.5. The molecule has 0 heterocycles. The summed E-state index contributed by atoms with van der Waals surface area (Å²) in [7, 11) is 0. The van der Waals surface area contributed by atoms with Gasteiger partial charge in [-0.1, -0.05) is 25.0 Å². The Balaban J connectivity index is 1.63. The second-order valence-corrected chi connectivity index (χ2v) is 5.75. The van der Waals surface area contributed by atoms with Crippen LogP contribution < -0.4 is 10.1 Å². The lowest BCUT2D eigenvalue weighted by Gasteiger charge is -2.11. The number of benzene rings is 1. The molecule has 2 N–H and O–H groups in total. The van der Waals surface area contributed by atoms with Crippen molar-refractivity contribution in [1.29, 1.82) is 0 Å². The van der Waals surface area contributed by atoms with E-state index in [0.717, 1.165) is 31.2 Å². The fraction of sp³-hybridized carbons (Fsp3) is 0.588. The zero-order chi connectivity index (χ0) is 14.9. The molecule has 0 unspecified atom stereocenters. The minimum atomic E-state index is -0.758. The number of aliphatic carboxylic acids is 1. The van der Waals surface area contributed by atoms with Crippen molar-refractivity contribution in [2.24, 2.45) is 5.92 Å². The molecule has 4 heteroatoms. The summed E-state index contributed by atoms with van der Waals surface area (Å²) in [5, 5.41) is 11.7. The van der Waals surface area contributed by atoms with Crippen LogP contribution in [0.15, 0.2) is 24.3 Å². The van der Waals surface area contributed by atoms with Gasteiger partial charge in [0.15, 0.2) is 0 Å². The van der Waals surface area contributed by atoms with E-state index in [1.807, 2.05) is 12.1 Å². The maximum absolute atomic E-state index is 10.4. The molecule has 0 spiro atoms. The molecular weight excluding hydrogens is 266 g/mol. The third-order valence-corrected chi connectivity index (χ3v) is 3.99. The van der Waals surface area contributed by atoms with Crippen LogP contribution in [0, 0.1) is 5.92 Å². The molecule has 0 atom stereocenters. The van der Waals surface area contributed by atoms with E-state index in [9.17, 15) is 4.79 Å². The SMILES string of the molecule is O=C(O)CCNCCc1ccc(OCC2CCCC2)cc1. The van der Waals surface area contributed by atoms with Gasteiger partial charge in [-0.05, 0) is 49.4 Å². The number of ether oxygens (including phenoxy) is 1. The van der Waals surface area contributed by atoms with E-state index in [-0.39, 0.29) is 6.42 Å². The zero-order valence-electron chi connectivity index (χ0n) is 12.5. The van der Waals surface area contributed by atoms with Crippen LogP contribution in [0.25, 0.3) is 0 Å². The molecule has 0 aromatic heterocycles. The molecule has 0 radical (unpaired) electrons. The molecule has 1 aliphatic carbocycles. The second kappa shape index (κ2) is 8.67. The number of hydrogen-bond acceptors (Lipinski definition) is 3. The first-order chi connectivity index (χ1) is 10.2. The van der Waals surface area contributed by atoms with Gasteiger partial charge < -0.3 is 15.2 Å². The standard InChI is InChI=1S/C17H25NO3/c19-17(20)10-12-18-11-9-14-5-7-16(8-6-14)21-13-15-3-1-2-4-15/h5-8,15,18H,1-4,9-13H2,(H,19,20). The fourth-order valence-electron chi connectivity index (χ4n) is 2.70. The summed E-state index contributed by atoms with van der Waals surface area (Å²) in [4.78, 5) is 10.4. The molecule has 1 aromatic rings. The summed E-state index contributed by atoms with van der Waals surface area (Å²) >= 11 is 0. The largest absolute Gasteiger partial charge is 0.493 e. The Morgan fingerprint density at radius 1 is 1.19 bits per heavy atom. The highest BCUT2D eigenvalue weighted by molar-refractivity contribution is 5.66. The number of hydrogen-bond donors (Lipinski definition) is 2. The van der Waals surface area contributed by atoms with Gasteiger partial charge in [-0.2, -0.15) is 0 Å². The van der Waals surface area contributed by atoms with Crippen LogP contribution in [0.2, 0.25) is 0 Å². The van der Waals surface area contributed by atoms with Crippen molar-refractivity contribution in [2.75, 3.05) is 19.7 Å². The van der Waals surface area contributed by atoms with Crippen LogP contribution in [0.4, 0.5) is 0 Å². The quantitative estimate of drug-likeness (QED) is 0.687. The van der Waals surface area contributed by atoms with E-state index in [2.05, 4.69) is 17.4 Å². The average molecular weight is 291 g/mol. The van der Waals surface area contributed by atoms with Crippen LogP contribution in [0.5, 0.6) is 5.75 Å². The molecule has 116 valence electrons. The summed E-state index contributed by atoms with van der Waals surface area (Å²) in [6, 6.07) is 8.23. The highest BCUT2D eigenvalue weighted by Crippen LogP contribution is 2.25. The first kappa shape index (κ1) is 15.8. The van der Waals surface area contributed by atoms with Gasteiger partial charge in [0.2, 0.25) is 0 Å². The Morgan fingerprint density at radius 3 is 2.57 bits per heavy atom. The number of carboxylic acids is 1. The minimum absolute atomic E-state index is 0.175. The summed E-state index contributed by atoms with van der Waals surface area (Å²) in [5.74, 6) is 0.930. The first-order valence-electron chi connectivity index (χ1n) is 7.88. The van der Waals surface area contributed by atoms with E-state index in [4.69, 9.17) is 9.84 Å². The van der Waals surface area contributed by atoms with Crippen LogP contribution in [-0.4, -0.2) is 30.8 Å². The summed E-state index contributed by atoms with van der Waals surface area (Å²) < 4.78 is 5.83. The summed E-state index contributed by atoms with van der Waals surface area (Å²) in [6.07, 6.45) is 6.39. The van der Waals surface area contributed by atoms with Gasteiger partial charge in [0, 0.05) is 6.54 Å². The van der Waals surface area contributed by atoms with Crippen molar-refractivity contribution in [1.82, 2.24) is 5.32 Å². The van der Waals surface area contributed by atoms with Crippen LogP contribution in [0.1, 0.15) is 37.7 Å². The van der Waals surface area contributed by atoms with Gasteiger partial charge in [0.05, 0.1) is 13.0 Å². The maximum Gasteiger partial charge on any atom is 0.304 e. The number of rotatable bonds is 9. The van der Waals surface area contributed by atoms with Gasteiger partial charge in [0.25, 0.3) is 0 Å². The average Bonchev–Trinajstić information content (AvgIpc) is 2.99. The molecule has 0 amide bonds. The third kappa shape index (κ3) is 6.17. The molecule has 0 bridgehead atoms. The van der Waals surface area contributed by atoms with Gasteiger partial charge in [-0.15, -0.1) is 0 Å². The third-order valence-electron chi connectivity index (χ3n) is 3.99. The smallest absolute Gasteiger partial charge is 0.304 e. The Labute approximate surface area is 126 Å². The molecule has 2 rings (SSSR count). The minimum Gasteiger partial charge on any atom is -0.493 e. The molecule has 1 fully saturated rings. The van der Waals surface area contributed by atoms with Crippen LogP contribution in [0.3, 0.4) is 0 Å². The van der Waals surface area contributed by atoms with Crippen molar-refractivity contribution in [3.63, 3.8) is 0 Å². The normalized spacial score (nSPS) is 15.2. The Morgan fingerprint density at radius 2 is 1.90 bits per heavy atom. The Hall–Kier alpha value is -1.55.